The summed E-state index contributed by atoms with van der Waals surface area (Å²) in [6.45, 7) is 4.10. The van der Waals surface area contributed by atoms with Crippen LogP contribution in [0.2, 0.25) is 0 Å². The standard InChI is InChI=1S/C23H24N2O3/c1-14-6-9-16(10-7-14)21(26)24-17-4-3-5-18(13-17)25-22(27)19-11-8-15(2)12-20(19)23(25)28/h3-7,9-10,13,15,19-20H,8,11-12H2,1-2H3,(H,24,26)/t15-,19+,20-/m1/s1. The Morgan fingerprint density at radius 2 is 1.71 bits per heavy atom. The van der Waals surface area contributed by atoms with E-state index in [2.05, 4.69) is 12.2 Å². The molecule has 3 amide bonds. The second kappa shape index (κ2) is 7.23. The van der Waals surface area contributed by atoms with Gasteiger partial charge in [0.2, 0.25) is 11.8 Å². The number of benzene rings is 2. The van der Waals surface area contributed by atoms with E-state index in [9.17, 15) is 14.4 Å². The Balaban J connectivity index is 1.55. The molecule has 1 saturated carbocycles. The lowest BCUT2D eigenvalue weighted by Gasteiger charge is -2.25. The number of hydrogen-bond donors (Lipinski definition) is 1. The zero-order chi connectivity index (χ0) is 19.8. The fourth-order valence-corrected chi connectivity index (χ4v) is 4.28. The van der Waals surface area contributed by atoms with Crippen LogP contribution in [-0.2, 0) is 9.59 Å². The molecule has 2 aromatic rings. The molecule has 0 bridgehead atoms. The second-order valence-corrected chi connectivity index (χ2v) is 8.01. The van der Waals surface area contributed by atoms with Gasteiger partial charge in [0.15, 0.2) is 0 Å². The Labute approximate surface area is 164 Å². The highest BCUT2D eigenvalue weighted by atomic mass is 16.2. The highest BCUT2D eigenvalue weighted by molar-refractivity contribution is 6.22. The number of fused-ring (bicyclic) bond motifs is 1. The Morgan fingerprint density at radius 1 is 1.00 bits per heavy atom. The van der Waals surface area contributed by atoms with Crippen molar-refractivity contribution in [3.05, 3.63) is 59.7 Å². The van der Waals surface area contributed by atoms with Gasteiger partial charge in [-0.15, -0.1) is 0 Å². The van der Waals surface area contributed by atoms with Gasteiger partial charge in [-0.1, -0.05) is 30.7 Å². The molecule has 1 saturated heterocycles. The second-order valence-electron chi connectivity index (χ2n) is 8.01. The van der Waals surface area contributed by atoms with Crippen LogP contribution < -0.4 is 10.2 Å². The van der Waals surface area contributed by atoms with Gasteiger partial charge in [0.1, 0.15) is 0 Å². The highest BCUT2D eigenvalue weighted by Crippen LogP contribution is 2.42. The first-order valence-electron chi connectivity index (χ1n) is 9.80. The van der Waals surface area contributed by atoms with Crippen LogP contribution in [-0.4, -0.2) is 17.7 Å². The van der Waals surface area contributed by atoms with E-state index in [0.29, 0.717) is 22.9 Å². The Hall–Kier alpha value is -2.95. The van der Waals surface area contributed by atoms with E-state index in [1.54, 1.807) is 36.4 Å². The molecule has 5 heteroatoms. The third-order valence-electron chi connectivity index (χ3n) is 5.86. The van der Waals surface area contributed by atoms with E-state index in [-0.39, 0.29) is 29.6 Å². The molecule has 0 aromatic heterocycles. The number of imide groups is 1. The molecule has 3 atom stereocenters. The molecule has 1 aliphatic carbocycles. The molecule has 0 unspecified atom stereocenters. The van der Waals surface area contributed by atoms with Crippen LogP contribution in [0.1, 0.15) is 42.1 Å². The Morgan fingerprint density at radius 3 is 2.46 bits per heavy atom. The SMILES string of the molecule is Cc1ccc(C(=O)Nc2cccc(N3C(=O)[C@H]4CC[C@@H](C)C[C@H]4C3=O)c2)cc1. The smallest absolute Gasteiger partial charge is 0.255 e. The molecular formula is C23H24N2O3. The maximum atomic E-state index is 12.9. The predicted octanol–water partition coefficient (Wildman–Crippen LogP) is 4.17. The normalized spacial score (nSPS) is 24.2. The average molecular weight is 376 g/mol. The number of carbonyl (C=O) groups excluding carboxylic acids is 3. The number of nitrogens with one attached hydrogen (secondary N) is 1. The van der Waals surface area contributed by atoms with Gasteiger partial charge in [0, 0.05) is 11.3 Å². The number of nitrogens with zero attached hydrogens (tertiary/aromatic N) is 1. The van der Waals surface area contributed by atoms with Gasteiger partial charge in [-0.3, -0.25) is 14.4 Å². The minimum absolute atomic E-state index is 0.107. The van der Waals surface area contributed by atoms with Crippen LogP contribution >= 0.6 is 0 Å². The van der Waals surface area contributed by atoms with E-state index in [0.717, 1.165) is 24.8 Å². The maximum absolute atomic E-state index is 12.9. The number of hydrogen-bond acceptors (Lipinski definition) is 3. The van der Waals surface area contributed by atoms with Crippen molar-refractivity contribution in [2.45, 2.75) is 33.1 Å². The fourth-order valence-electron chi connectivity index (χ4n) is 4.28. The lowest BCUT2D eigenvalue weighted by atomic mass is 9.76. The first kappa shape index (κ1) is 18.4. The monoisotopic (exact) mass is 376 g/mol. The third-order valence-corrected chi connectivity index (χ3v) is 5.86. The van der Waals surface area contributed by atoms with E-state index in [1.807, 2.05) is 19.1 Å². The van der Waals surface area contributed by atoms with Crippen molar-refractivity contribution in [2.75, 3.05) is 10.2 Å². The van der Waals surface area contributed by atoms with Crippen molar-refractivity contribution in [1.29, 1.82) is 0 Å². The van der Waals surface area contributed by atoms with Crippen molar-refractivity contribution in [3.63, 3.8) is 0 Å². The average Bonchev–Trinajstić information content (AvgIpc) is 2.92. The molecule has 2 aliphatic rings. The van der Waals surface area contributed by atoms with E-state index >= 15 is 0 Å². The van der Waals surface area contributed by atoms with Crippen molar-refractivity contribution < 1.29 is 14.4 Å². The molecular weight excluding hydrogens is 352 g/mol. The van der Waals surface area contributed by atoms with Crippen molar-refractivity contribution in [1.82, 2.24) is 0 Å². The topological polar surface area (TPSA) is 66.5 Å². The summed E-state index contributed by atoms with van der Waals surface area (Å²) in [6, 6.07) is 14.3. The van der Waals surface area contributed by atoms with E-state index < -0.39 is 0 Å². The number of carbonyl (C=O) groups is 3. The first-order valence-corrected chi connectivity index (χ1v) is 9.80. The molecule has 1 heterocycles. The summed E-state index contributed by atoms with van der Waals surface area (Å²) in [4.78, 5) is 39.5. The largest absolute Gasteiger partial charge is 0.322 e. The quantitative estimate of drug-likeness (QED) is 0.818. The van der Waals surface area contributed by atoms with Crippen LogP contribution in [0.15, 0.2) is 48.5 Å². The first-order chi connectivity index (χ1) is 13.4. The van der Waals surface area contributed by atoms with Crippen LogP contribution in [0.5, 0.6) is 0 Å². The van der Waals surface area contributed by atoms with Crippen molar-refractivity contribution in [3.8, 4) is 0 Å². The summed E-state index contributed by atoms with van der Waals surface area (Å²) < 4.78 is 0. The number of anilines is 2. The molecule has 0 spiro atoms. The molecule has 1 aliphatic heterocycles. The molecule has 1 N–H and O–H groups in total. The molecule has 0 radical (unpaired) electrons. The van der Waals surface area contributed by atoms with Gasteiger partial charge >= 0.3 is 0 Å². The van der Waals surface area contributed by atoms with Crippen molar-refractivity contribution in [2.24, 2.45) is 17.8 Å². The Kier molecular flexibility index (Phi) is 4.75. The zero-order valence-corrected chi connectivity index (χ0v) is 16.1. The maximum Gasteiger partial charge on any atom is 0.255 e. The third kappa shape index (κ3) is 3.33. The predicted molar refractivity (Wildman–Crippen MR) is 108 cm³/mol. The highest BCUT2D eigenvalue weighted by Gasteiger charge is 2.49. The fraction of sp³-hybridized carbons (Fsp3) is 0.348. The lowest BCUT2D eigenvalue weighted by Crippen LogP contribution is -2.31. The van der Waals surface area contributed by atoms with Gasteiger partial charge in [-0.2, -0.15) is 0 Å². The van der Waals surface area contributed by atoms with Crippen LogP contribution in [0.25, 0.3) is 0 Å². The molecule has 2 fully saturated rings. The van der Waals surface area contributed by atoms with Crippen LogP contribution in [0, 0.1) is 24.7 Å². The summed E-state index contributed by atoms with van der Waals surface area (Å²) in [6.07, 6.45) is 2.53. The minimum Gasteiger partial charge on any atom is -0.322 e. The van der Waals surface area contributed by atoms with Gasteiger partial charge < -0.3 is 5.32 Å². The summed E-state index contributed by atoms with van der Waals surface area (Å²) in [5.74, 6) is -0.374. The molecule has 4 rings (SSSR count). The van der Waals surface area contributed by atoms with E-state index in [1.165, 1.54) is 4.90 Å². The van der Waals surface area contributed by atoms with Gasteiger partial charge in [0.05, 0.1) is 17.5 Å². The Bertz CT molecular complexity index is 935. The summed E-state index contributed by atoms with van der Waals surface area (Å²) in [5.41, 5.74) is 2.73. The summed E-state index contributed by atoms with van der Waals surface area (Å²) in [5, 5.41) is 2.85. The summed E-state index contributed by atoms with van der Waals surface area (Å²) in [7, 11) is 0. The number of aryl methyl sites for hydroxylation is 1. The van der Waals surface area contributed by atoms with Crippen molar-refractivity contribution >= 4 is 29.1 Å². The van der Waals surface area contributed by atoms with E-state index in [4.69, 9.17) is 0 Å². The minimum atomic E-state index is -0.223. The van der Waals surface area contributed by atoms with Gasteiger partial charge in [0.25, 0.3) is 5.91 Å². The van der Waals surface area contributed by atoms with Crippen LogP contribution in [0.4, 0.5) is 11.4 Å². The summed E-state index contributed by atoms with van der Waals surface area (Å²) >= 11 is 0. The molecule has 5 nitrogen and oxygen atoms in total. The van der Waals surface area contributed by atoms with Gasteiger partial charge in [-0.25, -0.2) is 4.90 Å². The van der Waals surface area contributed by atoms with Crippen LogP contribution in [0.3, 0.4) is 0 Å². The molecule has 28 heavy (non-hydrogen) atoms. The number of amides is 3. The van der Waals surface area contributed by atoms with Gasteiger partial charge in [-0.05, 0) is 62.4 Å². The molecule has 144 valence electrons. The number of rotatable bonds is 3. The lowest BCUT2D eigenvalue weighted by molar-refractivity contribution is -0.122. The zero-order valence-electron chi connectivity index (χ0n) is 16.1. The molecule has 2 aromatic carbocycles.